The standard InChI is InChI=1S/C12H16F3N3/c1-18(7-8-4-10(16)5-8)11-6-9(2-3-17-11)12(13,14)15/h2-3,6,8,10H,4-5,7,16H2,1H3. The van der Waals surface area contributed by atoms with Gasteiger partial charge in [-0.25, -0.2) is 4.98 Å². The summed E-state index contributed by atoms with van der Waals surface area (Å²) < 4.78 is 37.7. The number of hydrogen-bond donors (Lipinski definition) is 1. The van der Waals surface area contributed by atoms with Gasteiger partial charge in [0.05, 0.1) is 5.56 Å². The first-order valence-corrected chi connectivity index (χ1v) is 5.86. The predicted octanol–water partition coefficient (Wildman–Crippen LogP) is 2.27. The van der Waals surface area contributed by atoms with Crippen molar-refractivity contribution in [3.8, 4) is 0 Å². The lowest BCUT2D eigenvalue weighted by atomic mass is 9.80. The van der Waals surface area contributed by atoms with Gasteiger partial charge in [0.2, 0.25) is 0 Å². The zero-order valence-corrected chi connectivity index (χ0v) is 10.1. The van der Waals surface area contributed by atoms with Gasteiger partial charge in [0.15, 0.2) is 0 Å². The fraction of sp³-hybridized carbons (Fsp3) is 0.583. The minimum Gasteiger partial charge on any atom is -0.359 e. The zero-order chi connectivity index (χ0) is 13.3. The minimum absolute atomic E-state index is 0.248. The van der Waals surface area contributed by atoms with E-state index in [1.165, 1.54) is 6.20 Å². The molecule has 3 nitrogen and oxygen atoms in total. The van der Waals surface area contributed by atoms with E-state index in [0.717, 1.165) is 25.0 Å². The lowest BCUT2D eigenvalue weighted by Gasteiger charge is -2.35. The summed E-state index contributed by atoms with van der Waals surface area (Å²) in [6, 6.07) is 2.31. The van der Waals surface area contributed by atoms with Gasteiger partial charge in [-0.05, 0) is 30.9 Å². The van der Waals surface area contributed by atoms with Crippen LogP contribution in [0.4, 0.5) is 19.0 Å². The molecule has 100 valence electrons. The third-order valence-corrected chi connectivity index (χ3v) is 3.27. The Kier molecular flexibility index (Phi) is 3.47. The second-order valence-corrected chi connectivity index (χ2v) is 4.88. The van der Waals surface area contributed by atoms with E-state index >= 15 is 0 Å². The minimum atomic E-state index is -4.32. The molecule has 0 amide bonds. The maximum atomic E-state index is 12.6. The van der Waals surface area contributed by atoms with Crippen molar-refractivity contribution in [3.05, 3.63) is 23.9 Å². The smallest absolute Gasteiger partial charge is 0.359 e. The molecule has 1 saturated carbocycles. The van der Waals surface area contributed by atoms with Gasteiger partial charge in [-0.2, -0.15) is 13.2 Å². The Labute approximate surface area is 104 Å². The number of nitrogens with zero attached hydrogens (tertiary/aromatic N) is 2. The summed E-state index contributed by atoms with van der Waals surface area (Å²) in [6.45, 7) is 0.696. The number of hydrogen-bond acceptors (Lipinski definition) is 3. The van der Waals surface area contributed by atoms with Crippen LogP contribution in [0.15, 0.2) is 18.3 Å². The average molecular weight is 259 g/mol. The summed E-state index contributed by atoms with van der Waals surface area (Å²) in [7, 11) is 1.76. The van der Waals surface area contributed by atoms with Crippen molar-refractivity contribution in [2.75, 3.05) is 18.5 Å². The highest BCUT2D eigenvalue weighted by Crippen LogP contribution is 2.31. The molecule has 0 radical (unpaired) electrons. The van der Waals surface area contributed by atoms with Crippen LogP contribution in [0.5, 0.6) is 0 Å². The van der Waals surface area contributed by atoms with E-state index < -0.39 is 11.7 Å². The molecular formula is C12H16F3N3. The predicted molar refractivity (Wildman–Crippen MR) is 63.2 cm³/mol. The first-order valence-electron chi connectivity index (χ1n) is 5.86. The van der Waals surface area contributed by atoms with Gasteiger partial charge in [0.25, 0.3) is 0 Å². The van der Waals surface area contributed by atoms with E-state index in [1.54, 1.807) is 11.9 Å². The molecule has 0 atom stereocenters. The Morgan fingerprint density at radius 2 is 2.11 bits per heavy atom. The molecule has 6 heteroatoms. The molecule has 0 saturated heterocycles. The fourth-order valence-electron chi connectivity index (χ4n) is 2.22. The quantitative estimate of drug-likeness (QED) is 0.905. The second kappa shape index (κ2) is 4.76. The third kappa shape index (κ3) is 2.93. The summed E-state index contributed by atoms with van der Waals surface area (Å²) in [5, 5.41) is 0. The topological polar surface area (TPSA) is 42.1 Å². The molecule has 1 aromatic heterocycles. The van der Waals surface area contributed by atoms with Crippen LogP contribution in [-0.4, -0.2) is 24.6 Å². The third-order valence-electron chi connectivity index (χ3n) is 3.27. The second-order valence-electron chi connectivity index (χ2n) is 4.88. The van der Waals surface area contributed by atoms with E-state index in [-0.39, 0.29) is 6.04 Å². The first kappa shape index (κ1) is 13.1. The number of nitrogens with two attached hydrogens (primary N) is 1. The van der Waals surface area contributed by atoms with Crippen LogP contribution in [-0.2, 0) is 6.18 Å². The Morgan fingerprint density at radius 3 is 2.67 bits per heavy atom. The fourth-order valence-corrected chi connectivity index (χ4v) is 2.22. The molecule has 0 spiro atoms. The number of pyridine rings is 1. The van der Waals surface area contributed by atoms with Gasteiger partial charge >= 0.3 is 6.18 Å². The number of halogens is 3. The normalized spacial score (nSPS) is 23.6. The van der Waals surface area contributed by atoms with Crippen LogP contribution < -0.4 is 10.6 Å². The highest BCUT2D eigenvalue weighted by atomic mass is 19.4. The highest BCUT2D eigenvalue weighted by molar-refractivity contribution is 5.41. The van der Waals surface area contributed by atoms with E-state index in [2.05, 4.69) is 4.98 Å². The Morgan fingerprint density at radius 1 is 1.44 bits per heavy atom. The number of anilines is 1. The van der Waals surface area contributed by atoms with E-state index in [9.17, 15) is 13.2 Å². The molecule has 0 aromatic carbocycles. The number of alkyl halides is 3. The summed E-state index contributed by atoms with van der Waals surface area (Å²) >= 11 is 0. The van der Waals surface area contributed by atoms with Crippen LogP contribution in [0.2, 0.25) is 0 Å². The molecule has 1 heterocycles. The van der Waals surface area contributed by atoms with Crippen LogP contribution >= 0.6 is 0 Å². The molecule has 0 aliphatic heterocycles. The monoisotopic (exact) mass is 259 g/mol. The van der Waals surface area contributed by atoms with Gasteiger partial charge in [0.1, 0.15) is 5.82 Å². The lowest BCUT2D eigenvalue weighted by molar-refractivity contribution is -0.137. The Balaban J connectivity index is 2.03. The largest absolute Gasteiger partial charge is 0.416 e. The van der Waals surface area contributed by atoms with Crippen molar-refractivity contribution >= 4 is 5.82 Å². The molecule has 18 heavy (non-hydrogen) atoms. The molecule has 2 N–H and O–H groups in total. The van der Waals surface area contributed by atoms with Crippen LogP contribution in [0, 0.1) is 5.92 Å². The van der Waals surface area contributed by atoms with Gasteiger partial charge in [-0.15, -0.1) is 0 Å². The molecule has 1 aromatic rings. The molecule has 1 aliphatic rings. The molecule has 2 rings (SSSR count). The lowest BCUT2D eigenvalue weighted by Crippen LogP contribution is -2.42. The van der Waals surface area contributed by atoms with Crippen LogP contribution in [0.1, 0.15) is 18.4 Å². The molecule has 0 unspecified atom stereocenters. The number of aromatic nitrogens is 1. The first-order chi connectivity index (χ1) is 8.36. The molecule has 1 fully saturated rings. The highest BCUT2D eigenvalue weighted by Gasteiger charge is 2.31. The van der Waals surface area contributed by atoms with Crippen molar-refractivity contribution in [3.63, 3.8) is 0 Å². The SMILES string of the molecule is CN(CC1CC(N)C1)c1cc(C(F)(F)F)ccn1. The Hall–Kier alpha value is -1.30. The molecule has 1 aliphatic carbocycles. The molecule has 0 bridgehead atoms. The van der Waals surface area contributed by atoms with Crippen molar-refractivity contribution in [1.29, 1.82) is 0 Å². The zero-order valence-electron chi connectivity index (χ0n) is 10.1. The maximum Gasteiger partial charge on any atom is 0.416 e. The van der Waals surface area contributed by atoms with Gasteiger partial charge in [-0.1, -0.05) is 0 Å². The van der Waals surface area contributed by atoms with Gasteiger partial charge in [0, 0.05) is 25.8 Å². The van der Waals surface area contributed by atoms with Crippen molar-refractivity contribution in [1.82, 2.24) is 4.98 Å². The van der Waals surface area contributed by atoms with Crippen LogP contribution in [0.25, 0.3) is 0 Å². The number of rotatable bonds is 3. The summed E-state index contributed by atoms with van der Waals surface area (Å²) in [6.07, 6.45) is -1.26. The van der Waals surface area contributed by atoms with Crippen molar-refractivity contribution in [2.24, 2.45) is 11.7 Å². The van der Waals surface area contributed by atoms with E-state index in [0.29, 0.717) is 18.3 Å². The summed E-state index contributed by atoms with van der Waals surface area (Å²) in [5.41, 5.74) is 5.02. The summed E-state index contributed by atoms with van der Waals surface area (Å²) in [4.78, 5) is 5.73. The van der Waals surface area contributed by atoms with E-state index in [1.807, 2.05) is 0 Å². The van der Waals surface area contributed by atoms with Crippen LogP contribution in [0.3, 0.4) is 0 Å². The van der Waals surface area contributed by atoms with Gasteiger partial charge < -0.3 is 10.6 Å². The van der Waals surface area contributed by atoms with Gasteiger partial charge in [-0.3, -0.25) is 0 Å². The van der Waals surface area contributed by atoms with Crippen molar-refractivity contribution in [2.45, 2.75) is 25.1 Å². The average Bonchev–Trinajstić information content (AvgIpc) is 2.26. The van der Waals surface area contributed by atoms with Crippen molar-refractivity contribution < 1.29 is 13.2 Å². The maximum absolute atomic E-state index is 12.6. The summed E-state index contributed by atoms with van der Waals surface area (Å²) in [5.74, 6) is 0.812. The van der Waals surface area contributed by atoms with E-state index in [4.69, 9.17) is 5.73 Å². The Bertz CT molecular complexity index is 413. The molecular weight excluding hydrogens is 243 g/mol.